The zero-order valence-corrected chi connectivity index (χ0v) is 17.5. The van der Waals surface area contributed by atoms with E-state index in [1.165, 1.54) is 31.4 Å². The van der Waals surface area contributed by atoms with Crippen LogP contribution in [-0.2, 0) is 4.79 Å². The lowest BCUT2D eigenvalue weighted by atomic mass is 9.53. The van der Waals surface area contributed by atoms with E-state index >= 15 is 0 Å². The quantitative estimate of drug-likeness (QED) is 0.762. The van der Waals surface area contributed by atoms with Gasteiger partial charge in [0.2, 0.25) is 5.91 Å². The third-order valence-corrected chi connectivity index (χ3v) is 7.87. The number of amides is 3. The van der Waals surface area contributed by atoms with Crippen molar-refractivity contribution in [2.24, 2.45) is 17.8 Å². The summed E-state index contributed by atoms with van der Waals surface area (Å²) in [7, 11) is 0. The molecule has 5 aliphatic rings. The van der Waals surface area contributed by atoms with Crippen molar-refractivity contribution in [2.75, 3.05) is 13.1 Å². The molecule has 162 valence electrons. The van der Waals surface area contributed by atoms with Gasteiger partial charge in [-0.1, -0.05) is 12.1 Å². The van der Waals surface area contributed by atoms with Crippen LogP contribution in [0.2, 0.25) is 0 Å². The fourth-order valence-electron chi connectivity index (χ4n) is 7.07. The summed E-state index contributed by atoms with van der Waals surface area (Å²) in [5.74, 6) is 2.16. The van der Waals surface area contributed by atoms with Crippen LogP contribution in [0.4, 0.5) is 9.18 Å². The number of nitrogens with zero attached hydrogens (tertiary/aromatic N) is 1. The molecule has 0 spiro atoms. The Morgan fingerprint density at radius 2 is 1.67 bits per heavy atom. The molecule has 2 N–H and O–H groups in total. The summed E-state index contributed by atoms with van der Waals surface area (Å²) in [5.41, 5.74) is 0.973. The van der Waals surface area contributed by atoms with Crippen LogP contribution < -0.4 is 10.6 Å². The minimum absolute atomic E-state index is 0.00846. The molecule has 1 saturated heterocycles. The highest BCUT2D eigenvalue weighted by molar-refractivity contribution is 5.79. The maximum atomic E-state index is 13.2. The molecule has 1 aromatic rings. The van der Waals surface area contributed by atoms with Crippen LogP contribution in [0.3, 0.4) is 0 Å². The third kappa shape index (κ3) is 3.93. The second-order valence-corrected chi connectivity index (χ2v) is 10.1. The van der Waals surface area contributed by atoms with Gasteiger partial charge in [0, 0.05) is 25.0 Å². The van der Waals surface area contributed by atoms with E-state index in [1.54, 1.807) is 12.1 Å². The second-order valence-electron chi connectivity index (χ2n) is 10.1. The van der Waals surface area contributed by atoms with Crippen LogP contribution in [0.15, 0.2) is 24.3 Å². The highest BCUT2D eigenvalue weighted by Crippen LogP contribution is 2.55. The van der Waals surface area contributed by atoms with Gasteiger partial charge in [-0.2, -0.15) is 0 Å². The number of likely N-dealkylation sites (tertiary alicyclic amines) is 1. The Morgan fingerprint density at radius 1 is 1.03 bits per heavy atom. The van der Waals surface area contributed by atoms with E-state index in [-0.39, 0.29) is 29.3 Å². The van der Waals surface area contributed by atoms with Gasteiger partial charge in [0.15, 0.2) is 0 Å². The van der Waals surface area contributed by atoms with Crippen molar-refractivity contribution in [3.63, 3.8) is 0 Å². The summed E-state index contributed by atoms with van der Waals surface area (Å²) in [6.45, 7) is 1.07. The molecule has 0 radical (unpaired) electrons. The Hall–Kier alpha value is -2.11. The highest BCUT2D eigenvalue weighted by Gasteiger charge is 2.51. The Balaban J connectivity index is 1.11. The number of benzene rings is 1. The highest BCUT2D eigenvalue weighted by atomic mass is 19.1. The van der Waals surface area contributed by atoms with Crippen molar-refractivity contribution in [2.45, 2.75) is 69.4 Å². The summed E-state index contributed by atoms with van der Waals surface area (Å²) >= 11 is 0. The number of carbonyl (C=O) groups excluding carboxylic acids is 2. The molecule has 5 fully saturated rings. The summed E-state index contributed by atoms with van der Waals surface area (Å²) < 4.78 is 13.2. The van der Waals surface area contributed by atoms with Crippen molar-refractivity contribution in [1.29, 1.82) is 0 Å². The van der Waals surface area contributed by atoms with Crippen molar-refractivity contribution < 1.29 is 14.0 Å². The Morgan fingerprint density at radius 3 is 2.30 bits per heavy atom. The molecule has 1 unspecified atom stereocenters. The van der Waals surface area contributed by atoms with E-state index in [2.05, 4.69) is 10.6 Å². The average Bonchev–Trinajstić information content (AvgIpc) is 3.17. The number of carbonyl (C=O) groups is 2. The lowest BCUT2D eigenvalue weighted by Crippen LogP contribution is -2.61. The predicted molar refractivity (Wildman–Crippen MR) is 112 cm³/mol. The fourth-order valence-corrected chi connectivity index (χ4v) is 7.07. The lowest BCUT2D eigenvalue weighted by molar-refractivity contribution is -0.132. The number of urea groups is 1. The average molecular weight is 414 g/mol. The molecule has 5 nitrogen and oxygen atoms in total. The minimum Gasteiger partial charge on any atom is -0.338 e. The molecular formula is C24H32FN3O2. The second kappa shape index (κ2) is 7.86. The molecule has 1 heterocycles. The van der Waals surface area contributed by atoms with Gasteiger partial charge in [-0.15, -0.1) is 0 Å². The zero-order chi connectivity index (χ0) is 20.7. The molecule has 30 heavy (non-hydrogen) atoms. The number of nitrogens with one attached hydrogen (secondary N) is 2. The molecule has 1 atom stereocenters. The molecule has 3 amide bonds. The van der Waals surface area contributed by atoms with Crippen LogP contribution in [0, 0.1) is 23.6 Å². The normalized spacial score (nSPS) is 34.2. The molecular weight excluding hydrogens is 381 g/mol. The van der Waals surface area contributed by atoms with E-state index in [0.29, 0.717) is 13.0 Å². The molecule has 0 aromatic heterocycles. The first-order valence-corrected chi connectivity index (χ1v) is 11.6. The zero-order valence-electron chi connectivity index (χ0n) is 17.5. The van der Waals surface area contributed by atoms with Gasteiger partial charge in [0.05, 0.1) is 6.04 Å². The lowest BCUT2D eigenvalue weighted by Gasteiger charge is -2.56. The van der Waals surface area contributed by atoms with Crippen molar-refractivity contribution in [3.8, 4) is 0 Å². The van der Waals surface area contributed by atoms with Crippen LogP contribution in [0.1, 0.15) is 69.4 Å². The Bertz CT molecular complexity index is 774. The molecule has 1 aliphatic heterocycles. The third-order valence-electron chi connectivity index (χ3n) is 7.87. The fraction of sp³-hybridized carbons (Fsp3) is 0.667. The van der Waals surface area contributed by atoms with E-state index in [4.69, 9.17) is 0 Å². The van der Waals surface area contributed by atoms with Crippen molar-refractivity contribution in [3.05, 3.63) is 35.6 Å². The van der Waals surface area contributed by atoms with E-state index < -0.39 is 0 Å². The van der Waals surface area contributed by atoms with Crippen LogP contribution >= 0.6 is 0 Å². The molecule has 1 aromatic carbocycles. The van der Waals surface area contributed by atoms with Gasteiger partial charge in [-0.25, -0.2) is 9.18 Å². The van der Waals surface area contributed by atoms with Crippen LogP contribution in [0.5, 0.6) is 0 Å². The van der Waals surface area contributed by atoms with Gasteiger partial charge in [-0.3, -0.25) is 4.79 Å². The maximum absolute atomic E-state index is 13.2. The predicted octanol–water partition coefficient (Wildman–Crippen LogP) is 4.15. The topological polar surface area (TPSA) is 61.4 Å². The minimum atomic E-state index is -0.260. The largest absolute Gasteiger partial charge is 0.338 e. The number of rotatable bonds is 5. The smallest absolute Gasteiger partial charge is 0.315 e. The standard InChI is InChI=1S/C24H32FN3O2/c25-20-5-3-19(4-6-20)21-2-1-9-28(21)22(29)7-8-26-23(30)27-24-13-16-10-17(14-24)12-18(11-16)15-24/h3-6,16-18,21H,1-2,7-15H2,(H2,26,27,30). The Kier molecular flexibility index (Phi) is 5.19. The van der Waals surface area contributed by atoms with Gasteiger partial charge in [0.1, 0.15) is 5.82 Å². The van der Waals surface area contributed by atoms with Crippen molar-refractivity contribution >= 4 is 11.9 Å². The van der Waals surface area contributed by atoms with E-state index in [1.807, 2.05) is 4.90 Å². The van der Waals surface area contributed by atoms with Crippen LogP contribution in [-0.4, -0.2) is 35.5 Å². The van der Waals surface area contributed by atoms with Gasteiger partial charge >= 0.3 is 6.03 Å². The van der Waals surface area contributed by atoms with E-state index in [0.717, 1.165) is 62.0 Å². The summed E-state index contributed by atoms with van der Waals surface area (Å²) in [4.78, 5) is 27.2. The molecule has 4 saturated carbocycles. The van der Waals surface area contributed by atoms with Crippen molar-refractivity contribution in [1.82, 2.24) is 15.5 Å². The first-order valence-electron chi connectivity index (χ1n) is 11.6. The Labute approximate surface area is 177 Å². The number of halogens is 1. The maximum Gasteiger partial charge on any atom is 0.315 e. The summed E-state index contributed by atoms with van der Waals surface area (Å²) in [6.07, 6.45) is 9.57. The first kappa shape index (κ1) is 19.8. The molecule has 4 aliphatic carbocycles. The number of hydrogen-bond donors (Lipinski definition) is 2. The molecule has 6 heteroatoms. The van der Waals surface area contributed by atoms with Gasteiger partial charge in [-0.05, 0) is 86.8 Å². The number of hydrogen-bond acceptors (Lipinski definition) is 2. The summed E-state index contributed by atoms with van der Waals surface area (Å²) in [6, 6.07) is 6.32. The molecule has 4 bridgehead atoms. The summed E-state index contributed by atoms with van der Waals surface area (Å²) in [5, 5.41) is 6.22. The van der Waals surface area contributed by atoms with Gasteiger partial charge in [0.25, 0.3) is 0 Å². The molecule has 6 rings (SSSR count). The SMILES string of the molecule is O=C(NCCC(=O)N1CCCC1c1ccc(F)cc1)NC12CC3CC(CC(C3)C1)C2. The van der Waals surface area contributed by atoms with Gasteiger partial charge < -0.3 is 15.5 Å². The van der Waals surface area contributed by atoms with Crippen LogP contribution in [0.25, 0.3) is 0 Å². The van der Waals surface area contributed by atoms with E-state index in [9.17, 15) is 14.0 Å². The first-order chi connectivity index (χ1) is 14.5. The monoisotopic (exact) mass is 413 g/mol.